The number of allylic oxidation sites excluding steroid dienone is 1. The fraction of sp³-hybridized carbons (Fsp3) is 0.750. The number of sulfonamides is 1. The van der Waals surface area contributed by atoms with Crippen LogP contribution in [0.1, 0.15) is 39.0 Å². The zero-order valence-corrected chi connectivity index (χ0v) is 21.0. The van der Waals surface area contributed by atoms with E-state index in [2.05, 4.69) is 21.9 Å². The van der Waals surface area contributed by atoms with Crippen LogP contribution in [0.5, 0.6) is 0 Å². The van der Waals surface area contributed by atoms with Crippen molar-refractivity contribution in [1.82, 2.24) is 19.9 Å². The Morgan fingerprint density at radius 2 is 1.88 bits per heavy atom. The highest BCUT2D eigenvalue weighted by Gasteiger charge is 2.30. The molecule has 0 bridgehead atoms. The van der Waals surface area contributed by atoms with Crippen LogP contribution in [0.4, 0.5) is 4.79 Å². The third kappa shape index (κ3) is 8.69. The van der Waals surface area contributed by atoms with Gasteiger partial charge in [-0.1, -0.05) is 11.6 Å². The lowest BCUT2D eigenvalue weighted by Crippen LogP contribution is -2.44. The molecule has 0 aromatic rings. The van der Waals surface area contributed by atoms with Crippen LogP contribution in [-0.2, 0) is 19.6 Å². The first kappa shape index (κ1) is 28.3. The molecule has 0 aromatic heterocycles. The fourth-order valence-electron chi connectivity index (χ4n) is 4.01. The number of carbonyl (C=O) groups excluding carboxylic acids is 2. The molecule has 0 spiro atoms. The summed E-state index contributed by atoms with van der Waals surface area (Å²) < 4.78 is 30.8. The van der Waals surface area contributed by atoms with Gasteiger partial charge in [0, 0.05) is 37.5 Å². The molecule has 1 aliphatic carbocycles. The number of likely N-dealkylation sites (tertiary alicyclic amines) is 1. The van der Waals surface area contributed by atoms with Gasteiger partial charge in [0.25, 0.3) is 5.91 Å². The first-order valence-corrected chi connectivity index (χ1v) is 13.3. The minimum absolute atomic E-state index is 0.0806. The van der Waals surface area contributed by atoms with E-state index < -0.39 is 34.7 Å². The Hall–Kier alpha value is -1.93. The number of nitrogens with one attached hydrogen (secondary N) is 2. The first-order chi connectivity index (χ1) is 15.9. The van der Waals surface area contributed by atoms with Crippen molar-refractivity contribution in [2.45, 2.75) is 63.3 Å². The number of aliphatic hydroxyl groups excluding tert-OH is 2. The summed E-state index contributed by atoms with van der Waals surface area (Å²) in [5.74, 6) is -0.662. The second-order valence-electron chi connectivity index (χ2n) is 8.61. The predicted octanol–water partition coefficient (Wildman–Crippen LogP) is -0.0850. The van der Waals surface area contributed by atoms with E-state index in [0.717, 1.165) is 11.3 Å². The van der Waals surface area contributed by atoms with Crippen LogP contribution in [0, 0.1) is 0 Å². The molecular formula is C20H34ClN5O7S. The molecule has 4 N–H and O–H groups in total. The molecule has 0 radical (unpaired) electrons. The first-order valence-electron chi connectivity index (χ1n) is 11.1. The van der Waals surface area contributed by atoms with Crippen molar-refractivity contribution < 1.29 is 33.0 Å². The van der Waals surface area contributed by atoms with Gasteiger partial charge in [-0.2, -0.15) is 5.10 Å². The second-order valence-corrected chi connectivity index (χ2v) is 10.8. The van der Waals surface area contributed by atoms with Gasteiger partial charge in [-0.3, -0.25) is 4.79 Å². The molecule has 1 aliphatic heterocycles. The maximum atomic E-state index is 12.6. The molecule has 0 aromatic carbocycles. The number of alkyl carbamates (subject to hydrolysis) is 1. The number of rotatable bonds is 10. The van der Waals surface area contributed by atoms with Crippen LogP contribution in [0.25, 0.3) is 0 Å². The van der Waals surface area contributed by atoms with Gasteiger partial charge in [-0.05, 0) is 32.6 Å². The number of ether oxygens (including phenoxy) is 1. The van der Waals surface area contributed by atoms with Gasteiger partial charge >= 0.3 is 6.09 Å². The largest absolute Gasteiger partial charge is 0.444 e. The zero-order chi connectivity index (χ0) is 25.5. The standard InChI is InChI=1S/C20H34ClN5O7S/c1-13(18(21)19(29)26(22-2)10-16(28)12-27)25-9-8-17(11-25)33-20(30)23-14-4-6-15(7-5-14)24-34(3,31)32/h14-17,24,27-28H,2,4-12H2,1,3H3,(H,23,30)/b18-13-/t14-,15-,16?,17-/m1/s1. The highest BCUT2D eigenvalue weighted by atomic mass is 35.5. The number of carbonyl (C=O) groups is 2. The summed E-state index contributed by atoms with van der Waals surface area (Å²) in [6.45, 7) is 5.05. The van der Waals surface area contributed by atoms with E-state index in [1.54, 1.807) is 6.92 Å². The Bertz CT molecular complexity index is 877. The van der Waals surface area contributed by atoms with E-state index >= 15 is 0 Å². The lowest BCUT2D eigenvalue weighted by Gasteiger charge is -2.29. The third-order valence-electron chi connectivity index (χ3n) is 5.83. The van der Waals surface area contributed by atoms with Gasteiger partial charge in [0.05, 0.1) is 32.1 Å². The molecule has 1 unspecified atom stereocenters. The van der Waals surface area contributed by atoms with Crippen molar-refractivity contribution in [3.63, 3.8) is 0 Å². The number of hydrazone groups is 1. The summed E-state index contributed by atoms with van der Waals surface area (Å²) in [4.78, 5) is 26.7. The highest BCUT2D eigenvalue weighted by Crippen LogP contribution is 2.24. The topological polar surface area (TPSA) is 161 Å². The van der Waals surface area contributed by atoms with Gasteiger partial charge in [0.15, 0.2) is 0 Å². The number of amides is 2. The van der Waals surface area contributed by atoms with Gasteiger partial charge in [0.2, 0.25) is 10.0 Å². The molecule has 2 aliphatic rings. The molecule has 2 fully saturated rings. The Morgan fingerprint density at radius 3 is 2.44 bits per heavy atom. The van der Waals surface area contributed by atoms with Gasteiger partial charge in [-0.25, -0.2) is 22.9 Å². The molecule has 194 valence electrons. The minimum atomic E-state index is -3.25. The molecule has 2 rings (SSSR count). The summed E-state index contributed by atoms with van der Waals surface area (Å²) in [7, 11) is -3.25. The van der Waals surface area contributed by atoms with E-state index in [1.165, 1.54) is 0 Å². The maximum absolute atomic E-state index is 12.6. The molecule has 1 saturated heterocycles. The van der Waals surface area contributed by atoms with Gasteiger partial charge in [0.1, 0.15) is 11.1 Å². The minimum Gasteiger partial charge on any atom is -0.444 e. The van der Waals surface area contributed by atoms with Gasteiger partial charge in [-0.15, -0.1) is 0 Å². The molecule has 2 atom stereocenters. The van der Waals surface area contributed by atoms with Crippen LogP contribution in [-0.4, -0.2) is 104 Å². The third-order valence-corrected chi connectivity index (χ3v) is 7.02. The molecule has 12 nitrogen and oxygen atoms in total. The smallest absolute Gasteiger partial charge is 0.407 e. The molecule has 14 heteroatoms. The average molecular weight is 524 g/mol. The van der Waals surface area contributed by atoms with Crippen molar-refractivity contribution in [3.8, 4) is 0 Å². The van der Waals surface area contributed by atoms with E-state index in [9.17, 15) is 23.1 Å². The van der Waals surface area contributed by atoms with E-state index in [4.69, 9.17) is 21.4 Å². The van der Waals surface area contributed by atoms with Crippen LogP contribution >= 0.6 is 11.6 Å². The molecular weight excluding hydrogens is 490 g/mol. The van der Waals surface area contributed by atoms with E-state index in [1.807, 2.05) is 4.90 Å². The van der Waals surface area contributed by atoms with Crippen molar-refractivity contribution in [3.05, 3.63) is 10.7 Å². The van der Waals surface area contributed by atoms with E-state index in [0.29, 0.717) is 50.9 Å². The van der Waals surface area contributed by atoms with Crippen molar-refractivity contribution >= 4 is 40.3 Å². The van der Waals surface area contributed by atoms with Crippen molar-refractivity contribution in [1.29, 1.82) is 0 Å². The summed E-state index contributed by atoms with van der Waals surface area (Å²) in [5.41, 5.74) is 0.474. The van der Waals surface area contributed by atoms with Crippen LogP contribution in [0.3, 0.4) is 0 Å². The second kappa shape index (κ2) is 12.7. The lowest BCUT2D eigenvalue weighted by atomic mass is 9.92. The highest BCUT2D eigenvalue weighted by molar-refractivity contribution is 7.88. The SMILES string of the molecule is C=NN(CC(O)CO)C(=O)/C(Cl)=C(\C)N1CC[C@@H](OC(=O)N[C@H]2CC[C@H](NS(C)(=O)=O)CC2)C1. The number of nitrogens with zero attached hydrogens (tertiary/aromatic N) is 3. The normalized spacial score (nSPS) is 24.7. The van der Waals surface area contributed by atoms with Crippen molar-refractivity contribution in [2.24, 2.45) is 5.10 Å². The van der Waals surface area contributed by atoms with E-state index in [-0.39, 0.29) is 29.8 Å². The average Bonchev–Trinajstić information content (AvgIpc) is 3.24. The Labute approximate surface area is 205 Å². The van der Waals surface area contributed by atoms with Crippen LogP contribution < -0.4 is 10.0 Å². The quantitative estimate of drug-likeness (QED) is 0.175. The van der Waals surface area contributed by atoms with Gasteiger partial charge < -0.3 is 25.2 Å². The van der Waals surface area contributed by atoms with Crippen molar-refractivity contribution in [2.75, 3.05) is 32.5 Å². The molecule has 1 saturated carbocycles. The fourth-order valence-corrected chi connectivity index (χ4v) is 5.07. The Morgan fingerprint density at radius 1 is 1.26 bits per heavy atom. The number of hydrogen-bond acceptors (Lipinski definition) is 9. The number of hydrogen-bond donors (Lipinski definition) is 4. The summed E-state index contributed by atoms with van der Waals surface area (Å²) in [6.07, 6.45) is 2.17. The molecule has 2 amide bonds. The molecule has 34 heavy (non-hydrogen) atoms. The Balaban J connectivity index is 1.83. The molecule has 1 heterocycles. The number of aliphatic hydroxyl groups is 2. The monoisotopic (exact) mass is 523 g/mol. The maximum Gasteiger partial charge on any atom is 0.407 e. The summed E-state index contributed by atoms with van der Waals surface area (Å²) >= 11 is 6.25. The Kier molecular flexibility index (Phi) is 10.6. The lowest BCUT2D eigenvalue weighted by molar-refractivity contribution is -0.128. The number of halogens is 1. The zero-order valence-electron chi connectivity index (χ0n) is 19.4. The predicted molar refractivity (Wildman–Crippen MR) is 127 cm³/mol. The van der Waals surface area contributed by atoms with Crippen LogP contribution in [0.2, 0.25) is 0 Å². The van der Waals surface area contributed by atoms with Crippen LogP contribution in [0.15, 0.2) is 15.8 Å². The summed E-state index contributed by atoms with van der Waals surface area (Å²) in [5, 5.41) is 25.7. The summed E-state index contributed by atoms with van der Waals surface area (Å²) in [6, 6.07) is -0.197.